The van der Waals surface area contributed by atoms with E-state index < -0.39 is 97.5 Å². The first-order valence-electron chi connectivity index (χ1n) is 38.2. The molecule has 0 saturated carbocycles. The molecule has 0 aromatic rings. The normalized spacial score (nSPS) is 14.4. The van der Waals surface area contributed by atoms with Gasteiger partial charge in [-0.2, -0.15) is 0 Å². The predicted octanol–water partition coefficient (Wildman–Crippen LogP) is 21.7. The van der Waals surface area contributed by atoms with Gasteiger partial charge in [-0.1, -0.05) is 268 Å². The topological polar surface area (TPSA) is 237 Å². The second kappa shape index (κ2) is 70.0. The van der Waals surface area contributed by atoms with Gasteiger partial charge in [-0.15, -0.1) is 0 Å². The summed E-state index contributed by atoms with van der Waals surface area (Å²) in [4.78, 5) is 72.7. The van der Waals surface area contributed by atoms with Crippen LogP contribution in [0, 0.1) is 0 Å². The number of unbranched alkanes of at least 4 members (excludes halogenated alkanes) is 34. The summed E-state index contributed by atoms with van der Waals surface area (Å²) in [6.45, 7) is 4.77. The zero-order valence-electron chi connectivity index (χ0n) is 60.8. The van der Waals surface area contributed by atoms with Crippen molar-refractivity contribution in [3.05, 3.63) is 72.9 Å². The van der Waals surface area contributed by atoms with Crippen LogP contribution >= 0.6 is 15.6 Å². The van der Waals surface area contributed by atoms with Gasteiger partial charge in [0.25, 0.3) is 0 Å². The number of rotatable bonds is 72. The van der Waals surface area contributed by atoms with Gasteiger partial charge >= 0.3 is 39.5 Å². The van der Waals surface area contributed by atoms with E-state index in [2.05, 4.69) is 88.5 Å². The van der Waals surface area contributed by atoms with Crippen molar-refractivity contribution in [1.82, 2.24) is 0 Å². The van der Waals surface area contributed by atoms with Crippen molar-refractivity contribution < 1.29 is 80.2 Å². The zero-order valence-corrected chi connectivity index (χ0v) is 62.6. The van der Waals surface area contributed by atoms with Crippen LogP contribution in [0.25, 0.3) is 0 Å². The van der Waals surface area contributed by atoms with Crippen molar-refractivity contribution in [1.29, 1.82) is 0 Å². The van der Waals surface area contributed by atoms with Crippen LogP contribution in [-0.2, 0) is 65.4 Å². The fourth-order valence-corrected chi connectivity index (χ4v) is 11.8. The second-order valence-electron chi connectivity index (χ2n) is 25.6. The van der Waals surface area contributed by atoms with Crippen LogP contribution in [-0.4, -0.2) is 96.7 Å². The van der Waals surface area contributed by atoms with Gasteiger partial charge in [0.2, 0.25) is 0 Å². The summed E-state index contributed by atoms with van der Waals surface area (Å²) in [7, 11) is -9.95. The number of esters is 4. The molecule has 0 bridgehead atoms. The van der Waals surface area contributed by atoms with Crippen LogP contribution in [0.3, 0.4) is 0 Å². The summed E-state index contributed by atoms with van der Waals surface area (Å²) >= 11 is 0. The highest BCUT2D eigenvalue weighted by Crippen LogP contribution is 2.45. The zero-order chi connectivity index (χ0) is 70.4. The van der Waals surface area contributed by atoms with Gasteiger partial charge in [0.05, 0.1) is 26.4 Å². The number of phosphoric acid groups is 2. The van der Waals surface area contributed by atoms with E-state index in [0.717, 1.165) is 122 Å². The lowest BCUT2D eigenvalue weighted by atomic mass is 10.0. The van der Waals surface area contributed by atoms with Crippen molar-refractivity contribution in [3.8, 4) is 0 Å². The van der Waals surface area contributed by atoms with Crippen LogP contribution in [0.5, 0.6) is 0 Å². The van der Waals surface area contributed by atoms with Gasteiger partial charge < -0.3 is 33.8 Å². The molecule has 0 amide bonds. The van der Waals surface area contributed by atoms with Gasteiger partial charge in [0.15, 0.2) is 12.2 Å². The molecular formula is C77H138O17P2. The molecule has 0 fully saturated rings. The number of aliphatic hydroxyl groups is 1. The first kappa shape index (κ1) is 92.5. The third kappa shape index (κ3) is 69.0. The number of hydrogen-bond acceptors (Lipinski definition) is 15. The van der Waals surface area contributed by atoms with Crippen LogP contribution < -0.4 is 0 Å². The maximum Gasteiger partial charge on any atom is 0.472 e. The fourth-order valence-electron chi connectivity index (χ4n) is 10.3. The molecule has 19 heteroatoms. The lowest BCUT2D eigenvalue weighted by Crippen LogP contribution is -2.30. The molecule has 0 aliphatic rings. The molecule has 0 radical (unpaired) electrons. The number of allylic oxidation sites excluding steroid dienone is 12. The van der Waals surface area contributed by atoms with E-state index in [9.17, 15) is 43.2 Å². The number of ether oxygens (including phenoxy) is 4. The Kier molecular flexibility index (Phi) is 67.4. The Morgan fingerprint density at radius 2 is 0.521 bits per heavy atom. The number of carbonyl (C=O) groups is 4. The summed E-state index contributed by atoms with van der Waals surface area (Å²) in [5, 5.41) is 10.6. The minimum absolute atomic E-state index is 0.0199. The Bertz CT molecular complexity index is 2110. The van der Waals surface area contributed by atoms with Gasteiger partial charge in [0, 0.05) is 25.7 Å². The van der Waals surface area contributed by atoms with Gasteiger partial charge in [-0.3, -0.25) is 37.3 Å². The molecule has 96 heavy (non-hydrogen) atoms. The average molecular weight is 1400 g/mol. The standard InChI is InChI=1S/C77H138O17P2/c1-5-9-13-17-21-25-29-33-34-35-36-40-44-48-52-56-60-64-77(82)94-73(68-88-75(80)62-58-54-50-46-42-38-31-27-23-19-15-11-7-3)70-92-96(85,86)90-66-71(78)65-89-95(83,84)91-69-72(93-76(81)63-59-55-51-47-43-39-32-28-24-20-16-12-8-4)67-87-74(79)61-57-53-49-45-41-37-30-26-22-18-14-10-6-2/h21,25,27-28,31-34,36,40,48,52,71-73,78H,5-20,22-24,26,29-30,35,37-39,41-47,49-51,53-70H2,1-4H3,(H,83,84)(H,85,86)/b25-21-,31-27-,32-28-,34-33-,40-36-,52-48-/t71-,72+,73+/m0/s1. The summed E-state index contributed by atoms with van der Waals surface area (Å²) < 4.78 is 68.4. The van der Waals surface area contributed by atoms with Crippen LogP contribution in [0.1, 0.15) is 336 Å². The highest BCUT2D eigenvalue weighted by Gasteiger charge is 2.30. The van der Waals surface area contributed by atoms with Crippen molar-refractivity contribution in [2.75, 3.05) is 39.6 Å². The van der Waals surface area contributed by atoms with Crippen molar-refractivity contribution in [2.24, 2.45) is 0 Å². The highest BCUT2D eigenvalue weighted by atomic mass is 31.2. The van der Waals surface area contributed by atoms with E-state index >= 15 is 0 Å². The largest absolute Gasteiger partial charge is 0.472 e. The number of phosphoric ester groups is 2. The van der Waals surface area contributed by atoms with Crippen LogP contribution in [0.15, 0.2) is 72.9 Å². The van der Waals surface area contributed by atoms with E-state index in [0.29, 0.717) is 32.1 Å². The second-order valence-corrected chi connectivity index (χ2v) is 28.5. The maximum atomic E-state index is 13.1. The molecule has 0 aliphatic heterocycles. The quantitative estimate of drug-likeness (QED) is 0.0169. The summed E-state index contributed by atoms with van der Waals surface area (Å²) in [6, 6.07) is 0. The minimum atomic E-state index is -4.98. The molecule has 0 aromatic carbocycles. The number of carbonyl (C=O) groups excluding carboxylic acids is 4. The van der Waals surface area contributed by atoms with Gasteiger partial charge in [0.1, 0.15) is 19.3 Å². The van der Waals surface area contributed by atoms with Crippen LogP contribution in [0.4, 0.5) is 0 Å². The fraction of sp³-hybridized carbons (Fsp3) is 0.792. The first-order valence-corrected chi connectivity index (χ1v) is 41.2. The molecule has 2 unspecified atom stereocenters. The van der Waals surface area contributed by atoms with Crippen molar-refractivity contribution >= 4 is 39.5 Å². The molecule has 17 nitrogen and oxygen atoms in total. The lowest BCUT2D eigenvalue weighted by Gasteiger charge is -2.21. The predicted molar refractivity (Wildman–Crippen MR) is 390 cm³/mol. The summed E-state index contributed by atoms with van der Waals surface area (Å²) in [5.41, 5.74) is 0. The molecule has 0 aliphatic carbocycles. The molecule has 0 aromatic heterocycles. The van der Waals surface area contributed by atoms with Crippen molar-refractivity contribution in [2.45, 2.75) is 354 Å². The highest BCUT2D eigenvalue weighted by molar-refractivity contribution is 7.47. The molecular weight excluding hydrogens is 1260 g/mol. The minimum Gasteiger partial charge on any atom is -0.462 e. The molecule has 0 heterocycles. The molecule has 5 atom stereocenters. The Hall–Kier alpha value is -3.50. The Morgan fingerprint density at radius 3 is 0.865 bits per heavy atom. The summed E-state index contributed by atoms with van der Waals surface area (Å²) in [6.07, 6.45) is 69.0. The number of aliphatic hydroxyl groups excluding tert-OH is 1. The third-order valence-electron chi connectivity index (χ3n) is 16.1. The maximum absolute atomic E-state index is 13.1. The third-order valence-corrected chi connectivity index (χ3v) is 18.0. The van der Waals surface area contributed by atoms with Gasteiger partial charge in [-0.05, 0) is 116 Å². The summed E-state index contributed by atoms with van der Waals surface area (Å²) in [5.74, 6) is -2.24. The molecule has 558 valence electrons. The van der Waals surface area contributed by atoms with Crippen molar-refractivity contribution in [3.63, 3.8) is 0 Å². The van der Waals surface area contributed by atoms with E-state index in [4.69, 9.17) is 37.0 Å². The average Bonchev–Trinajstić information content (AvgIpc) is 1.26. The molecule has 0 spiro atoms. The smallest absolute Gasteiger partial charge is 0.462 e. The Balaban J connectivity index is 5.38. The molecule has 0 saturated heterocycles. The number of hydrogen-bond donors (Lipinski definition) is 3. The first-order chi connectivity index (χ1) is 46.7. The van der Waals surface area contributed by atoms with E-state index in [1.807, 2.05) is 12.2 Å². The van der Waals surface area contributed by atoms with E-state index in [-0.39, 0.29) is 25.7 Å². The Labute approximate surface area is 583 Å². The molecule has 0 rings (SSSR count). The SMILES string of the molecule is CCCCC/C=C\C/C=C\C/C=C\C/C=C\CCCC(=O)O[C@H](COC(=O)CCCCCCC/C=C\CCCCCC)COP(=O)(O)OC[C@@H](O)COP(=O)(O)OC[C@@H](COC(=O)CCCCCCCCCCCCCCC)OC(=O)CCCCCCC/C=C\CCCCCC. The van der Waals surface area contributed by atoms with E-state index in [1.54, 1.807) is 0 Å². The lowest BCUT2D eigenvalue weighted by molar-refractivity contribution is -0.161. The van der Waals surface area contributed by atoms with Crippen LogP contribution in [0.2, 0.25) is 0 Å². The molecule has 3 N–H and O–H groups in total. The Morgan fingerprint density at radius 1 is 0.292 bits per heavy atom. The monoisotopic (exact) mass is 1400 g/mol. The van der Waals surface area contributed by atoms with E-state index in [1.165, 1.54) is 128 Å². The van der Waals surface area contributed by atoms with Gasteiger partial charge in [-0.25, -0.2) is 9.13 Å².